The number of hydrogen-bond acceptors (Lipinski definition) is 6. The third kappa shape index (κ3) is 1.67. The van der Waals surface area contributed by atoms with Crippen molar-refractivity contribution in [2.45, 2.75) is 12.3 Å². The number of nitrogens with zero attached hydrogens (tertiary/aromatic N) is 3. The average molecular weight is 181 g/mol. The molecule has 1 aliphatic rings. The van der Waals surface area contributed by atoms with Crippen LogP contribution in [0.4, 0.5) is 11.9 Å². The minimum Gasteiger partial charge on any atom is -0.381 e. The Morgan fingerprint density at radius 1 is 1.15 bits per heavy atom. The van der Waals surface area contributed by atoms with Gasteiger partial charge in [0, 0.05) is 12.5 Å². The monoisotopic (exact) mass is 181 g/mol. The molecule has 1 aliphatic heterocycles. The highest BCUT2D eigenvalue weighted by atomic mass is 16.5. The summed E-state index contributed by atoms with van der Waals surface area (Å²) in [4.78, 5) is 11.7. The molecule has 6 nitrogen and oxygen atoms in total. The fraction of sp³-hybridized carbons (Fsp3) is 0.571. The van der Waals surface area contributed by atoms with Crippen LogP contribution >= 0.6 is 0 Å². The topological polar surface area (TPSA) is 99.9 Å². The van der Waals surface area contributed by atoms with Gasteiger partial charge in [0.1, 0.15) is 5.82 Å². The summed E-state index contributed by atoms with van der Waals surface area (Å²) in [5.41, 5.74) is 10.9. The Labute approximate surface area is 75.3 Å². The summed E-state index contributed by atoms with van der Waals surface area (Å²) in [6.07, 6.45) is 0.920. The molecule has 2 rings (SSSR count). The molecule has 13 heavy (non-hydrogen) atoms. The van der Waals surface area contributed by atoms with Crippen molar-refractivity contribution in [3.63, 3.8) is 0 Å². The average Bonchev–Trinajstić information content (AvgIpc) is 2.53. The molecule has 0 bridgehead atoms. The number of anilines is 2. The van der Waals surface area contributed by atoms with Gasteiger partial charge in [0.15, 0.2) is 0 Å². The summed E-state index contributed by atoms with van der Waals surface area (Å²) in [5.74, 6) is 1.21. The van der Waals surface area contributed by atoms with E-state index in [4.69, 9.17) is 16.2 Å². The van der Waals surface area contributed by atoms with E-state index in [1.54, 1.807) is 0 Å². The summed E-state index contributed by atoms with van der Waals surface area (Å²) in [7, 11) is 0. The highest BCUT2D eigenvalue weighted by Crippen LogP contribution is 2.22. The predicted molar refractivity (Wildman–Crippen MR) is 46.8 cm³/mol. The van der Waals surface area contributed by atoms with Crippen LogP contribution in [0.2, 0.25) is 0 Å². The number of nitrogens with two attached hydrogens (primary N) is 2. The number of ether oxygens (including phenoxy) is 1. The normalized spacial score (nSPS) is 22.0. The minimum atomic E-state index is 0.175. The maximum atomic E-state index is 5.44. The summed E-state index contributed by atoms with van der Waals surface area (Å²) < 4.78 is 5.21. The van der Waals surface area contributed by atoms with Crippen LogP contribution in [0.25, 0.3) is 0 Å². The van der Waals surface area contributed by atoms with Crippen molar-refractivity contribution in [1.29, 1.82) is 0 Å². The first kappa shape index (κ1) is 8.18. The Morgan fingerprint density at radius 2 is 1.85 bits per heavy atom. The van der Waals surface area contributed by atoms with Gasteiger partial charge in [-0.05, 0) is 6.42 Å². The van der Waals surface area contributed by atoms with Crippen molar-refractivity contribution in [3.8, 4) is 0 Å². The van der Waals surface area contributed by atoms with Crippen LogP contribution in [-0.2, 0) is 4.74 Å². The van der Waals surface area contributed by atoms with Crippen LogP contribution in [0, 0.1) is 0 Å². The molecule has 1 aromatic rings. The second kappa shape index (κ2) is 3.14. The van der Waals surface area contributed by atoms with Gasteiger partial charge in [0.2, 0.25) is 11.9 Å². The summed E-state index contributed by atoms with van der Waals surface area (Å²) in [5, 5.41) is 0. The zero-order valence-electron chi connectivity index (χ0n) is 7.10. The molecule has 1 aromatic heterocycles. The summed E-state index contributed by atoms with van der Waals surface area (Å²) in [6, 6.07) is 0. The Morgan fingerprint density at radius 3 is 2.38 bits per heavy atom. The Bertz CT molecular complexity index is 290. The lowest BCUT2D eigenvalue weighted by molar-refractivity contribution is 0.193. The van der Waals surface area contributed by atoms with Gasteiger partial charge < -0.3 is 16.2 Å². The van der Waals surface area contributed by atoms with E-state index in [2.05, 4.69) is 15.0 Å². The maximum absolute atomic E-state index is 5.44. The third-order valence-corrected chi connectivity index (χ3v) is 1.98. The van der Waals surface area contributed by atoms with Gasteiger partial charge in [0.05, 0.1) is 6.61 Å². The summed E-state index contributed by atoms with van der Waals surface area (Å²) in [6.45, 7) is 1.39. The zero-order chi connectivity index (χ0) is 9.26. The van der Waals surface area contributed by atoms with Crippen molar-refractivity contribution >= 4 is 11.9 Å². The predicted octanol–water partition coefficient (Wildman–Crippen LogP) is -0.460. The highest BCUT2D eigenvalue weighted by molar-refractivity contribution is 5.27. The number of aromatic nitrogens is 3. The molecule has 0 aliphatic carbocycles. The molecule has 0 aromatic carbocycles. The molecule has 0 radical (unpaired) electrons. The molecular weight excluding hydrogens is 170 g/mol. The molecule has 0 amide bonds. The van der Waals surface area contributed by atoms with E-state index >= 15 is 0 Å². The van der Waals surface area contributed by atoms with Crippen molar-refractivity contribution in [1.82, 2.24) is 15.0 Å². The fourth-order valence-electron chi connectivity index (χ4n) is 1.35. The largest absolute Gasteiger partial charge is 0.381 e. The maximum Gasteiger partial charge on any atom is 0.225 e. The first-order valence-electron chi connectivity index (χ1n) is 4.10. The molecule has 1 unspecified atom stereocenters. The second-order valence-electron chi connectivity index (χ2n) is 2.97. The Balaban J connectivity index is 2.28. The molecule has 0 saturated carbocycles. The van der Waals surface area contributed by atoms with E-state index in [0.717, 1.165) is 13.0 Å². The highest BCUT2D eigenvalue weighted by Gasteiger charge is 2.21. The molecule has 6 heteroatoms. The van der Waals surface area contributed by atoms with Crippen LogP contribution in [0.15, 0.2) is 0 Å². The van der Waals surface area contributed by atoms with Crippen LogP contribution in [0.3, 0.4) is 0 Å². The Kier molecular flexibility index (Phi) is 1.97. The van der Waals surface area contributed by atoms with Gasteiger partial charge in [0.25, 0.3) is 0 Å². The van der Waals surface area contributed by atoms with Crippen molar-refractivity contribution in [3.05, 3.63) is 5.82 Å². The van der Waals surface area contributed by atoms with E-state index in [0.29, 0.717) is 12.4 Å². The molecule has 1 fully saturated rings. The van der Waals surface area contributed by atoms with E-state index < -0.39 is 0 Å². The zero-order valence-corrected chi connectivity index (χ0v) is 7.10. The fourth-order valence-corrected chi connectivity index (χ4v) is 1.35. The SMILES string of the molecule is Nc1nc(N)nc(C2CCOC2)n1. The van der Waals surface area contributed by atoms with Crippen LogP contribution in [-0.4, -0.2) is 28.2 Å². The van der Waals surface area contributed by atoms with E-state index in [1.807, 2.05) is 0 Å². The molecule has 0 spiro atoms. The second-order valence-corrected chi connectivity index (χ2v) is 2.97. The molecule has 4 N–H and O–H groups in total. The van der Waals surface area contributed by atoms with Crippen LogP contribution < -0.4 is 11.5 Å². The molecular formula is C7H11N5O. The summed E-state index contributed by atoms with van der Waals surface area (Å²) >= 11 is 0. The molecule has 2 heterocycles. The minimum absolute atomic E-state index is 0.175. The number of rotatable bonds is 1. The van der Waals surface area contributed by atoms with E-state index in [9.17, 15) is 0 Å². The number of hydrogen-bond donors (Lipinski definition) is 2. The smallest absolute Gasteiger partial charge is 0.225 e. The van der Waals surface area contributed by atoms with Gasteiger partial charge in [-0.3, -0.25) is 0 Å². The van der Waals surface area contributed by atoms with Gasteiger partial charge in [-0.1, -0.05) is 0 Å². The molecule has 70 valence electrons. The van der Waals surface area contributed by atoms with E-state index in [1.165, 1.54) is 0 Å². The Hall–Kier alpha value is -1.43. The van der Waals surface area contributed by atoms with Crippen molar-refractivity contribution < 1.29 is 4.74 Å². The molecule has 1 atom stereocenters. The van der Waals surface area contributed by atoms with Gasteiger partial charge in [-0.2, -0.15) is 15.0 Å². The van der Waals surface area contributed by atoms with Crippen LogP contribution in [0.1, 0.15) is 18.2 Å². The standard InChI is InChI=1S/C7H11N5O/c8-6-10-5(11-7(9)12-6)4-1-2-13-3-4/h4H,1-3H2,(H4,8,9,10,11,12). The van der Waals surface area contributed by atoms with Crippen molar-refractivity contribution in [2.24, 2.45) is 0 Å². The van der Waals surface area contributed by atoms with Gasteiger partial charge in [-0.25, -0.2) is 0 Å². The number of nitrogen functional groups attached to an aromatic ring is 2. The van der Waals surface area contributed by atoms with E-state index in [-0.39, 0.29) is 17.8 Å². The lowest BCUT2D eigenvalue weighted by atomic mass is 10.1. The lowest BCUT2D eigenvalue weighted by Crippen LogP contribution is -2.10. The first-order chi connectivity index (χ1) is 6.25. The molecule has 1 saturated heterocycles. The lowest BCUT2D eigenvalue weighted by Gasteiger charge is -2.05. The van der Waals surface area contributed by atoms with Gasteiger partial charge >= 0.3 is 0 Å². The third-order valence-electron chi connectivity index (χ3n) is 1.98. The van der Waals surface area contributed by atoms with Gasteiger partial charge in [-0.15, -0.1) is 0 Å². The quantitative estimate of drug-likeness (QED) is 0.608. The van der Waals surface area contributed by atoms with Crippen molar-refractivity contribution in [2.75, 3.05) is 24.7 Å². The van der Waals surface area contributed by atoms with Crippen LogP contribution in [0.5, 0.6) is 0 Å². The first-order valence-corrected chi connectivity index (χ1v) is 4.10.